The van der Waals surface area contributed by atoms with Crippen molar-refractivity contribution >= 4 is 46.3 Å². The topological polar surface area (TPSA) is 46.3 Å². The van der Waals surface area contributed by atoms with E-state index in [1.807, 2.05) is 35.7 Å². The number of carbonyl (C=O) groups excluding carboxylic acids is 1. The molecule has 0 saturated carbocycles. The molecule has 19 heavy (non-hydrogen) atoms. The molecule has 2 aromatic rings. The third-order valence-electron chi connectivity index (χ3n) is 2.39. The van der Waals surface area contributed by atoms with Crippen molar-refractivity contribution in [3.8, 4) is 0 Å². The van der Waals surface area contributed by atoms with Gasteiger partial charge in [-0.2, -0.15) is 0 Å². The molecule has 2 rings (SSSR count). The average Bonchev–Trinajstić information content (AvgIpc) is 2.90. The molecule has 0 aliphatic carbocycles. The van der Waals surface area contributed by atoms with Crippen LogP contribution in [0, 0.1) is 0 Å². The highest BCUT2D eigenvalue weighted by molar-refractivity contribution is 7.80. The van der Waals surface area contributed by atoms with Crippen LogP contribution in [-0.4, -0.2) is 11.0 Å². The van der Waals surface area contributed by atoms with Crippen LogP contribution >= 0.6 is 23.6 Å². The van der Waals surface area contributed by atoms with E-state index in [1.165, 1.54) is 11.0 Å². The molecule has 1 amide bonds. The minimum absolute atomic E-state index is 0.0343. The molecular weight excluding hydrogens is 276 g/mol. The zero-order valence-electron chi connectivity index (χ0n) is 10.0. The van der Waals surface area contributed by atoms with Gasteiger partial charge in [-0.05, 0) is 41.9 Å². The summed E-state index contributed by atoms with van der Waals surface area (Å²) in [6, 6.07) is 13.0. The molecule has 0 bridgehead atoms. The summed E-state index contributed by atoms with van der Waals surface area (Å²) in [5, 5.41) is 1.99. The predicted octanol–water partition coefficient (Wildman–Crippen LogP) is 3.04. The summed E-state index contributed by atoms with van der Waals surface area (Å²) >= 11 is 6.50. The van der Waals surface area contributed by atoms with Gasteiger partial charge in [0, 0.05) is 11.0 Å². The number of amides is 1. The van der Waals surface area contributed by atoms with E-state index in [0.717, 1.165) is 4.88 Å². The van der Waals surface area contributed by atoms with Crippen LogP contribution in [0.3, 0.4) is 0 Å². The molecule has 2 N–H and O–H groups in total. The first-order chi connectivity index (χ1) is 9.18. The highest BCUT2D eigenvalue weighted by atomic mass is 32.1. The third-order valence-corrected chi connectivity index (χ3v) is 3.41. The van der Waals surface area contributed by atoms with Crippen molar-refractivity contribution in [1.29, 1.82) is 0 Å². The average molecular weight is 288 g/mol. The fourth-order valence-corrected chi connectivity index (χ4v) is 2.37. The highest BCUT2D eigenvalue weighted by Gasteiger charge is 2.15. The largest absolute Gasteiger partial charge is 0.376 e. The van der Waals surface area contributed by atoms with Crippen LogP contribution in [-0.2, 0) is 4.79 Å². The number of anilines is 1. The lowest BCUT2D eigenvalue weighted by Crippen LogP contribution is -2.39. The number of benzene rings is 1. The van der Waals surface area contributed by atoms with Gasteiger partial charge in [0.15, 0.2) is 5.11 Å². The van der Waals surface area contributed by atoms with E-state index in [4.69, 9.17) is 18.0 Å². The van der Waals surface area contributed by atoms with E-state index in [1.54, 1.807) is 29.5 Å². The number of hydrogen-bond donors (Lipinski definition) is 1. The molecule has 96 valence electrons. The maximum Gasteiger partial charge on any atom is 0.257 e. The second kappa shape index (κ2) is 6.26. The number of carbonyl (C=O) groups is 1. The number of nitrogens with two attached hydrogens (primary N) is 1. The second-order valence-corrected chi connectivity index (χ2v) is 5.09. The summed E-state index contributed by atoms with van der Waals surface area (Å²) in [6.45, 7) is 0. The molecular formula is C14H12N2OS2. The number of thiocarbonyl (C=S) groups is 1. The second-order valence-electron chi connectivity index (χ2n) is 3.70. The molecule has 0 fully saturated rings. The van der Waals surface area contributed by atoms with E-state index < -0.39 is 0 Å². The van der Waals surface area contributed by atoms with Gasteiger partial charge < -0.3 is 5.73 Å². The Labute approximate surface area is 121 Å². The Balaban J connectivity index is 2.21. The van der Waals surface area contributed by atoms with Crippen molar-refractivity contribution < 1.29 is 4.79 Å². The van der Waals surface area contributed by atoms with E-state index in [2.05, 4.69) is 0 Å². The molecule has 1 aromatic heterocycles. The van der Waals surface area contributed by atoms with Gasteiger partial charge in [-0.15, -0.1) is 11.3 Å². The smallest absolute Gasteiger partial charge is 0.257 e. The van der Waals surface area contributed by atoms with Gasteiger partial charge in [0.2, 0.25) is 0 Å². The number of hydrogen-bond acceptors (Lipinski definition) is 3. The molecule has 5 heteroatoms. The first kappa shape index (κ1) is 13.5. The van der Waals surface area contributed by atoms with Gasteiger partial charge in [0.1, 0.15) is 0 Å². The first-order valence-corrected chi connectivity index (χ1v) is 6.87. The van der Waals surface area contributed by atoms with Crippen LogP contribution in [0.15, 0.2) is 53.9 Å². The Hall–Kier alpha value is -1.98. The van der Waals surface area contributed by atoms with Crippen LogP contribution in [0.2, 0.25) is 0 Å². The van der Waals surface area contributed by atoms with Crippen molar-refractivity contribution in [3.63, 3.8) is 0 Å². The van der Waals surface area contributed by atoms with Crippen LogP contribution < -0.4 is 10.6 Å². The van der Waals surface area contributed by atoms with Crippen molar-refractivity contribution in [1.82, 2.24) is 0 Å². The molecule has 0 spiro atoms. The van der Waals surface area contributed by atoms with Gasteiger partial charge in [-0.25, -0.2) is 0 Å². The summed E-state index contributed by atoms with van der Waals surface area (Å²) < 4.78 is 0. The number of rotatable bonds is 3. The molecule has 3 nitrogen and oxygen atoms in total. The highest BCUT2D eigenvalue weighted by Crippen LogP contribution is 2.15. The summed E-state index contributed by atoms with van der Waals surface area (Å²) in [7, 11) is 0. The normalized spacial score (nSPS) is 10.5. The monoisotopic (exact) mass is 288 g/mol. The standard InChI is InChI=1S/C14H12N2OS2/c15-14(18)16(11-5-2-1-3-6-11)13(17)9-8-12-7-4-10-19-12/h1-10H,(H2,15,18). The van der Waals surface area contributed by atoms with Gasteiger partial charge >= 0.3 is 0 Å². The lowest BCUT2D eigenvalue weighted by molar-refractivity contribution is -0.113. The van der Waals surface area contributed by atoms with Gasteiger partial charge in [0.05, 0.1) is 5.69 Å². The Bertz CT molecular complexity index is 591. The first-order valence-electron chi connectivity index (χ1n) is 5.58. The van der Waals surface area contributed by atoms with Crippen LogP contribution in [0.5, 0.6) is 0 Å². The van der Waals surface area contributed by atoms with Crippen LogP contribution in [0.25, 0.3) is 6.08 Å². The van der Waals surface area contributed by atoms with Crippen LogP contribution in [0.4, 0.5) is 5.69 Å². The van der Waals surface area contributed by atoms with Gasteiger partial charge in [0.25, 0.3) is 5.91 Å². The summed E-state index contributed by atoms with van der Waals surface area (Å²) in [5.41, 5.74) is 6.29. The Morgan fingerprint density at radius 3 is 2.53 bits per heavy atom. The molecule has 0 aliphatic heterocycles. The number of nitrogens with zero attached hydrogens (tertiary/aromatic N) is 1. The molecule has 0 radical (unpaired) electrons. The van der Waals surface area contributed by atoms with Crippen molar-refractivity contribution in [2.24, 2.45) is 5.73 Å². The molecule has 0 atom stereocenters. The fourth-order valence-electron chi connectivity index (χ4n) is 1.55. The maximum absolute atomic E-state index is 12.2. The van der Waals surface area contributed by atoms with Crippen molar-refractivity contribution in [2.75, 3.05) is 4.90 Å². The lowest BCUT2D eigenvalue weighted by Gasteiger charge is -2.18. The molecule has 1 aromatic carbocycles. The van der Waals surface area contributed by atoms with E-state index in [0.29, 0.717) is 5.69 Å². The zero-order valence-corrected chi connectivity index (χ0v) is 11.7. The molecule has 1 heterocycles. The Morgan fingerprint density at radius 1 is 1.21 bits per heavy atom. The molecule has 0 saturated heterocycles. The number of para-hydroxylation sites is 1. The fraction of sp³-hybridized carbons (Fsp3) is 0. The third kappa shape index (κ3) is 3.49. The predicted molar refractivity (Wildman–Crippen MR) is 84.1 cm³/mol. The molecule has 0 unspecified atom stereocenters. The maximum atomic E-state index is 12.2. The minimum atomic E-state index is -0.257. The summed E-state index contributed by atoms with van der Waals surface area (Å²) in [6.07, 6.45) is 3.22. The zero-order chi connectivity index (χ0) is 13.7. The van der Waals surface area contributed by atoms with Gasteiger partial charge in [-0.3, -0.25) is 9.69 Å². The Morgan fingerprint density at radius 2 is 1.95 bits per heavy atom. The van der Waals surface area contributed by atoms with E-state index in [9.17, 15) is 4.79 Å². The van der Waals surface area contributed by atoms with E-state index in [-0.39, 0.29) is 11.0 Å². The minimum Gasteiger partial charge on any atom is -0.376 e. The van der Waals surface area contributed by atoms with E-state index >= 15 is 0 Å². The molecule has 0 aliphatic rings. The van der Waals surface area contributed by atoms with Crippen molar-refractivity contribution in [3.05, 3.63) is 58.8 Å². The van der Waals surface area contributed by atoms with Crippen molar-refractivity contribution in [2.45, 2.75) is 0 Å². The number of thiophene rings is 1. The van der Waals surface area contributed by atoms with Gasteiger partial charge in [-0.1, -0.05) is 24.3 Å². The lowest BCUT2D eigenvalue weighted by atomic mass is 10.3. The summed E-state index contributed by atoms with van der Waals surface area (Å²) in [5.74, 6) is -0.257. The van der Waals surface area contributed by atoms with Crippen LogP contribution in [0.1, 0.15) is 4.88 Å². The summed E-state index contributed by atoms with van der Waals surface area (Å²) in [4.78, 5) is 14.5. The quantitative estimate of drug-likeness (QED) is 0.697. The Kier molecular flexibility index (Phi) is 4.43. The SMILES string of the molecule is NC(=S)N(C(=O)C=Cc1cccs1)c1ccccc1.